The molecular weight excluding hydrogens is 680 g/mol. The highest BCUT2D eigenvalue weighted by atomic mass is 79.9. The summed E-state index contributed by atoms with van der Waals surface area (Å²) in [6, 6.07) is 10.8. The first kappa shape index (κ1) is 36.4. The molecule has 3 amide bonds. The fourth-order valence-corrected chi connectivity index (χ4v) is 6.70. The first-order valence-electron chi connectivity index (χ1n) is 16.0. The lowest BCUT2D eigenvalue weighted by atomic mass is 9.95. The third-order valence-electron chi connectivity index (χ3n) is 8.66. The highest BCUT2D eigenvalue weighted by Crippen LogP contribution is 2.29. The average Bonchev–Trinajstić information content (AvgIpc) is 3.35. The van der Waals surface area contributed by atoms with Crippen molar-refractivity contribution >= 4 is 56.8 Å². The van der Waals surface area contributed by atoms with E-state index in [9.17, 15) is 29.1 Å². The van der Waals surface area contributed by atoms with Crippen LogP contribution in [0.25, 0.3) is 10.9 Å². The number of aromatic amines is 1. The van der Waals surface area contributed by atoms with Crippen LogP contribution in [0.15, 0.2) is 64.8 Å². The number of carbonyl (C=O) groups excluding carboxylic acids is 5. The smallest absolute Gasteiger partial charge is 0.308 e. The molecule has 6 atom stereocenters. The van der Waals surface area contributed by atoms with E-state index in [4.69, 9.17) is 4.74 Å². The highest BCUT2D eigenvalue weighted by Gasteiger charge is 2.34. The lowest BCUT2D eigenvalue weighted by molar-refractivity contribution is -0.150. The third kappa shape index (κ3) is 9.12. The molecule has 2 aromatic carbocycles. The summed E-state index contributed by atoms with van der Waals surface area (Å²) in [5.41, 5.74) is 2.60. The highest BCUT2D eigenvalue weighted by molar-refractivity contribution is 9.10. The molecule has 2 heterocycles. The molecule has 3 aromatic rings. The maximum atomic E-state index is 14.3. The lowest BCUT2D eigenvalue weighted by Gasteiger charge is -2.31. The monoisotopic (exact) mass is 722 g/mol. The van der Waals surface area contributed by atoms with Gasteiger partial charge in [0.2, 0.25) is 17.7 Å². The Balaban J connectivity index is 1.75. The number of H-pyrrole nitrogens is 1. The maximum Gasteiger partial charge on any atom is 0.308 e. The van der Waals surface area contributed by atoms with Crippen molar-refractivity contribution in [2.24, 2.45) is 11.8 Å². The fourth-order valence-electron chi connectivity index (χ4n) is 6.11. The standard InChI is InChI=1S/C36H43BrN4O7/c1-20-14-22(3)48-32(44)18-30(25-10-12-26(43)13-11-25)40-35(46)31(17-28-27-8-6-7-9-29(27)39-33(28)37)41(5)36(47)23(4)38-34(45)21(2)16-24(15-20)19-42/h6-13,15,19-23,30-31,39,43H,14,16-18H2,1-5H3,(H,38,45)(H,40,46)/b24-15+/t20-,21+,22+,23+,30-,31-/m1/s1. The molecule has 1 aliphatic heterocycles. The predicted molar refractivity (Wildman–Crippen MR) is 185 cm³/mol. The summed E-state index contributed by atoms with van der Waals surface area (Å²) in [4.78, 5) is 71.0. The minimum absolute atomic E-state index is 0.0202. The van der Waals surface area contributed by atoms with Gasteiger partial charge in [0.25, 0.3) is 0 Å². The van der Waals surface area contributed by atoms with Crippen LogP contribution in [0.5, 0.6) is 5.75 Å². The van der Waals surface area contributed by atoms with Crippen LogP contribution in [0.3, 0.4) is 0 Å². The number of para-hydroxylation sites is 1. The van der Waals surface area contributed by atoms with Crippen LogP contribution in [0.4, 0.5) is 0 Å². The van der Waals surface area contributed by atoms with E-state index in [0.29, 0.717) is 22.2 Å². The largest absolute Gasteiger partial charge is 0.508 e. The van der Waals surface area contributed by atoms with Crippen molar-refractivity contribution in [2.75, 3.05) is 7.05 Å². The van der Waals surface area contributed by atoms with Gasteiger partial charge in [-0.1, -0.05) is 50.3 Å². The van der Waals surface area contributed by atoms with Crippen LogP contribution < -0.4 is 10.6 Å². The molecule has 12 heteroatoms. The normalized spacial score (nSPS) is 26.7. The number of hydrogen-bond donors (Lipinski definition) is 4. The van der Waals surface area contributed by atoms with Gasteiger partial charge in [-0.25, -0.2) is 0 Å². The Bertz CT molecular complexity index is 1680. The van der Waals surface area contributed by atoms with Crippen molar-refractivity contribution < 1.29 is 33.8 Å². The fraction of sp³-hybridized carbons (Fsp3) is 0.417. The Labute approximate surface area is 288 Å². The molecule has 48 heavy (non-hydrogen) atoms. The number of aldehydes is 1. The van der Waals surface area contributed by atoms with Crippen molar-refractivity contribution in [3.8, 4) is 5.75 Å². The van der Waals surface area contributed by atoms with Crippen molar-refractivity contribution in [1.82, 2.24) is 20.5 Å². The van der Waals surface area contributed by atoms with Gasteiger partial charge in [0.05, 0.1) is 23.2 Å². The SMILES string of the molecule is C[C@@H]1NC(=O)[C@@H](C)C/C(C=O)=C\[C@H](C)C[C@H](C)OC(=O)C[C@H](c2ccc(O)cc2)NC(=O)[C@@H](Cc2c(Br)[nH]c3ccccc23)N(C)C1=O. The Morgan fingerprint density at radius 1 is 0.958 bits per heavy atom. The molecule has 0 saturated carbocycles. The van der Waals surface area contributed by atoms with Gasteiger partial charge in [-0.15, -0.1) is 0 Å². The minimum atomic E-state index is -1.06. The summed E-state index contributed by atoms with van der Waals surface area (Å²) in [6.07, 6.45) is 2.46. The topological polar surface area (TPSA) is 158 Å². The Kier molecular flexibility index (Phi) is 12.2. The molecular formula is C36H43BrN4O7. The van der Waals surface area contributed by atoms with Gasteiger partial charge >= 0.3 is 5.97 Å². The Hall–Kier alpha value is -4.45. The zero-order valence-electron chi connectivity index (χ0n) is 27.8. The van der Waals surface area contributed by atoms with Gasteiger partial charge in [0, 0.05) is 30.3 Å². The number of cyclic esters (lactones) is 1. The number of nitrogens with zero attached hydrogens (tertiary/aromatic N) is 1. The number of ether oxygens (including phenoxy) is 1. The summed E-state index contributed by atoms with van der Waals surface area (Å²) in [6.45, 7) is 6.88. The van der Waals surface area contributed by atoms with Gasteiger partial charge in [-0.2, -0.15) is 0 Å². The Morgan fingerprint density at radius 2 is 1.65 bits per heavy atom. The molecule has 0 unspecified atom stereocenters. The molecule has 0 radical (unpaired) electrons. The first-order chi connectivity index (χ1) is 22.8. The summed E-state index contributed by atoms with van der Waals surface area (Å²) in [7, 11) is 1.50. The number of aromatic hydroxyl groups is 1. The van der Waals surface area contributed by atoms with E-state index < -0.39 is 53.8 Å². The Morgan fingerprint density at radius 3 is 2.33 bits per heavy atom. The van der Waals surface area contributed by atoms with E-state index in [-0.39, 0.29) is 30.9 Å². The van der Waals surface area contributed by atoms with E-state index in [1.54, 1.807) is 39.0 Å². The number of benzene rings is 2. The molecule has 0 spiro atoms. The number of hydrogen-bond acceptors (Lipinski definition) is 7. The molecule has 256 valence electrons. The zero-order valence-corrected chi connectivity index (χ0v) is 29.4. The number of phenols is 1. The second-order valence-corrected chi connectivity index (χ2v) is 13.5. The number of phenolic OH excluding ortho intramolecular Hbond substituents is 1. The van der Waals surface area contributed by atoms with Gasteiger partial charge in [0.1, 0.15) is 24.1 Å². The number of amides is 3. The molecule has 0 bridgehead atoms. The second kappa shape index (κ2) is 16.1. The van der Waals surface area contributed by atoms with Crippen LogP contribution in [-0.2, 0) is 35.1 Å². The molecule has 4 N–H and O–H groups in total. The lowest BCUT2D eigenvalue weighted by Crippen LogP contribution is -2.55. The summed E-state index contributed by atoms with van der Waals surface area (Å²) >= 11 is 3.58. The maximum absolute atomic E-state index is 14.3. The van der Waals surface area contributed by atoms with Crippen LogP contribution in [0.2, 0.25) is 0 Å². The van der Waals surface area contributed by atoms with E-state index in [0.717, 1.165) is 22.8 Å². The van der Waals surface area contributed by atoms with Crippen LogP contribution in [-0.4, -0.2) is 70.2 Å². The third-order valence-corrected chi connectivity index (χ3v) is 9.34. The van der Waals surface area contributed by atoms with Gasteiger partial charge in [-0.3, -0.25) is 24.0 Å². The molecule has 1 aliphatic rings. The van der Waals surface area contributed by atoms with Crippen LogP contribution in [0, 0.1) is 11.8 Å². The number of carbonyl (C=O) groups is 5. The number of likely N-dealkylation sites (N-methyl/N-ethyl adjacent to an activating group) is 1. The van der Waals surface area contributed by atoms with Crippen LogP contribution in [0.1, 0.15) is 64.1 Å². The quantitative estimate of drug-likeness (QED) is 0.221. The van der Waals surface area contributed by atoms with E-state index in [1.807, 2.05) is 31.2 Å². The summed E-state index contributed by atoms with van der Waals surface area (Å²) in [5.74, 6) is -2.72. The zero-order chi connectivity index (χ0) is 35.1. The molecule has 0 fully saturated rings. The van der Waals surface area contributed by atoms with Crippen LogP contribution >= 0.6 is 15.9 Å². The van der Waals surface area contributed by atoms with Crippen molar-refractivity contribution in [3.05, 3.63) is 75.9 Å². The van der Waals surface area contributed by atoms with Gasteiger partial charge in [0.15, 0.2) is 0 Å². The van der Waals surface area contributed by atoms with E-state index >= 15 is 0 Å². The number of rotatable bonds is 4. The molecule has 0 saturated heterocycles. The summed E-state index contributed by atoms with van der Waals surface area (Å²) in [5, 5.41) is 16.5. The minimum Gasteiger partial charge on any atom is -0.508 e. The van der Waals surface area contributed by atoms with Crippen molar-refractivity contribution in [1.29, 1.82) is 0 Å². The number of allylic oxidation sites excluding steroid dienone is 2. The van der Waals surface area contributed by atoms with E-state index in [2.05, 4.69) is 31.5 Å². The number of esters is 1. The van der Waals surface area contributed by atoms with E-state index in [1.165, 1.54) is 24.1 Å². The summed E-state index contributed by atoms with van der Waals surface area (Å²) < 4.78 is 6.39. The van der Waals surface area contributed by atoms with Crippen molar-refractivity contribution in [2.45, 2.75) is 77.6 Å². The average molecular weight is 724 g/mol. The molecule has 1 aromatic heterocycles. The molecule has 4 rings (SSSR count). The number of halogens is 1. The molecule has 0 aliphatic carbocycles. The predicted octanol–water partition coefficient (Wildman–Crippen LogP) is 4.88. The number of aromatic nitrogens is 1. The first-order valence-corrected chi connectivity index (χ1v) is 16.8. The van der Waals surface area contributed by atoms with Crippen molar-refractivity contribution in [3.63, 3.8) is 0 Å². The van der Waals surface area contributed by atoms with Gasteiger partial charge < -0.3 is 30.4 Å². The number of fused-ring (bicyclic) bond motifs is 1. The van der Waals surface area contributed by atoms with Gasteiger partial charge in [-0.05, 0) is 83.4 Å². The number of nitrogens with one attached hydrogen (secondary N) is 3. The molecule has 11 nitrogen and oxygen atoms in total. The second-order valence-electron chi connectivity index (χ2n) is 12.7.